The lowest BCUT2D eigenvalue weighted by Crippen LogP contribution is -2.26. The fraction of sp³-hybridized carbons (Fsp3) is 0.421. The lowest BCUT2D eigenvalue weighted by atomic mass is 9.91. The van der Waals surface area contributed by atoms with Gasteiger partial charge in [0.2, 0.25) is 0 Å². The number of fused-ring (bicyclic) bond motifs is 1. The van der Waals surface area contributed by atoms with Gasteiger partial charge in [-0.15, -0.1) is 0 Å². The topological polar surface area (TPSA) is 95.0 Å². The molecule has 0 saturated carbocycles. The third kappa shape index (κ3) is 4.70. The summed E-state index contributed by atoms with van der Waals surface area (Å²) in [6.45, 7) is 5.94. The van der Waals surface area contributed by atoms with E-state index in [1.807, 2.05) is 20.8 Å². The van der Waals surface area contributed by atoms with Crippen molar-refractivity contribution in [3.8, 4) is 11.5 Å². The summed E-state index contributed by atoms with van der Waals surface area (Å²) in [6, 6.07) is 6.51. The average Bonchev–Trinajstić information content (AvgIpc) is 2.58. The standard InChI is InChI=1S/C19H23NO6/c1-19(2,3)16(21)11-26-14-7-5-6-12-15(25-9-8-24-4)10-13(18(22)23)20-17(12)14/h5-7,10H,8-9,11H2,1-4H3,(H,22,23). The van der Waals surface area contributed by atoms with Crippen LogP contribution in [-0.4, -0.2) is 48.8 Å². The fourth-order valence-electron chi connectivity index (χ4n) is 2.13. The zero-order valence-electron chi connectivity index (χ0n) is 15.4. The number of hydrogen-bond donors (Lipinski definition) is 1. The van der Waals surface area contributed by atoms with Crippen LogP contribution in [0.5, 0.6) is 11.5 Å². The lowest BCUT2D eigenvalue weighted by molar-refractivity contribution is -0.128. The van der Waals surface area contributed by atoms with Crippen molar-refractivity contribution in [2.24, 2.45) is 5.41 Å². The first-order valence-electron chi connectivity index (χ1n) is 8.19. The van der Waals surface area contributed by atoms with Crippen molar-refractivity contribution in [2.75, 3.05) is 26.9 Å². The molecule has 0 aliphatic rings. The predicted molar refractivity (Wildman–Crippen MR) is 96.0 cm³/mol. The van der Waals surface area contributed by atoms with Gasteiger partial charge in [0.05, 0.1) is 6.61 Å². The van der Waals surface area contributed by atoms with Gasteiger partial charge in [0, 0.05) is 24.0 Å². The molecule has 1 aromatic heterocycles. The quantitative estimate of drug-likeness (QED) is 0.722. The monoisotopic (exact) mass is 361 g/mol. The minimum absolute atomic E-state index is 0.0690. The number of rotatable bonds is 8. The molecule has 0 amide bonds. The molecule has 1 N–H and O–H groups in total. The number of carbonyl (C=O) groups excluding carboxylic acids is 1. The van der Waals surface area contributed by atoms with E-state index in [4.69, 9.17) is 14.2 Å². The van der Waals surface area contributed by atoms with E-state index in [1.165, 1.54) is 6.07 Å². The van der Waals surface area contributed by atoms with Crippen LogP contribution in [0.25, 0.3) is 10.9 Å². The van der Waals surface area contributed by atoms with Crippen LogP contribution in [0.3, 0.4) is 0 Å². The van der Waals surface area contributed by atoms with Crippen LogP contribution in [0.15, 0.2) is 24.3 Å². The highest BCUT2D eigenvalue weighted by Gasteiger charge is 2.22. The summed E-state index contributed by atoms with van der Waals surface area (Å²) in [5.41, 5.74) is -0.358. The minimum atomic E-state index is -1.18. The van der Waals surface area contributed by atoms with Gasteiger partial charge >= 0.3 is 5.97 Å². The highest BCUT2D eigenvalue weighted by molar-refractivity contribution is 5.95. The second-order valence-electron chi connectivity index (χ2n) is 6.77. The number of ketones is 1. The number of carbonyl (C=O) groups is 2. The highest BCUT2D eigenvalue weighted by Crippen LogP contribution is 2.32. The third-order valence-corrected chi connectivity index (χ3v) is 3.72. The van der Waals surface area contributed by atoms with Gasteiger partial charge in [-0.25, -0.2) is 9.78 Å². The number of carboxylic acid groups (broad SMARTS) is 1. The van der Waals surface area contributed by atoms with Crippen LogP contribution in [0.4, 0.5) is 0 Å². The number of para-hydroxylation sites is 1. The number of hydrogen-bond acceptors (Lipinski definition) is 6. The number of aromatic carboxylic acids is 1. The first-order valence-corrected chi connectivity index (χ1v) is 8.19. The van der Waals surface area contributed by atoms with Gasteiger partial charge < -0.3 is 19.3 Å². The van der Waals surface area contributed by atoms with Crippen molar-refractivity contribution in [1.29, 1.82) is 0 Å². The summed E-state index contributed by atoms with van der Waals surface area (Å²) >= 11 is 0. The van der Waals surface area contributed by atoms with E-state index in [9.17, 15) is 14.7 Å². The van der Waals surface area contributed by atoms with E-state index in [1.54, 1.807) is 25.3 Å². The Morgan fingerprint density at radius 2 is 1.85 bits per heavy atom. The molecule has 0 spiro atoms. The molecule has 2 aromatic rings. The first kappa shape index (κ1) is 19.7. The number of Topliss-reactive ketones (excluding diaryl/α,β-unsaturated/α-hetero) is 1. The number of carboxylic acids is 1. The second kappa shape index (κ2) is 8.14. The summed E-state index contributed by atoms with van der Waals surface area (Å²) in [6.07, 6.45) is 0. The van der Waals surface area contributed by atoms with Crippen LogP contribution >= 0.6 is 0 Å². The second-order valence-corrected chi connectivity index (χ2v) is 6.77. The van der Waals surface area contributed by atoms with Crippen LogP contribution in [0, 0.1) is 5.41 Å². The van der Waals surface area contributed by atoms with Gasteiger partial charge in [-0.3, -0.25) is 4.79 Å². The zero-order chi connectivity index (χ0) is 19.3. The lowest BCUT2D eigenvalue weighted by Gasteiger charge is -2.17. The average molecular weight is 361 g/mol. The molecule has 7 heteroatoms. The molecular weight excluding hydrogens is 338 g/mol. The molecule has 2 rings (SSSR count). The number of benzene rings is 1. The minimum Gasteiger partial charge on any atom is -0.490 e. The van der Waals surface area contributed by atoms with E-state index >= 15 is 0 Å². The van der Waals surface area contributed by atoms with Gasteiger partial charge in [0.1, 0.15) is 30.2 Å². The third-order valence-electron chi connectivity index (χ3n) is 3.72. The Morgan fingerprint density at radius 1 is 1.12 bits per heavy atom. The molecule has 0 radical (unpaired) electrons. The smallest absolute Gasteiger partial charge is 0.354 e. The molecule has 0 bridgehead atoms. The molecule has 7 nitrogen and oxygen atoms in total. The van der Waals surface area contributed by atoms with Crippen molar-refractivity contribution in [3.63, 3.8) is 0 Å². The Morgan fingerprint density at radius 3 is 2.46 bits per heavy atom. The van der Waals surface area contributed by atoms with E-state index in [0.29, 0.717) is 29.0 Å². The van der Waals surface area contributed by atoms with Crippen LogP contribution in [0.1, 0.15) is 31.3 Å². The molecule has 1 heterocycles. The molecule has 0 saturated heterocycles. The summed E-state index contributed by atoms with van der Waals surface area (Å²) in [5.74, 6) is -0.540. The Hall–Kier alpha value is -2.67. The number of ether oxygens (including phenoxy) is 3. The van der Waals surface area contributed by atoms with Crippen molar-refractivity contribution < 1.29 is 28.9 Å². The van der Waals surface area contributed by atoms with E-state index in [0.717, 1.165) is 0 Å². The maximum absolute atomic E-state index is 12.1. The van der Waals surface area contributed by atoms with Gasteiger partial charge in [-0.05, 0) is 12.1 Å². The van der Waals surface area contributed by atoms with Crippen LogP contribution in [-0.2, 0) is 9.53 Å². The van der Waals surface area contributed by atoms with Gasteiger partial charge in [-0.2, -0.15) is 0 Å². The number of pyridine rings is 1. The zero-order valence-corrected chi connectivity index (χ0v) is 15.4. The molecule has 0 unspecified atom stereocenters. The SMILES string of the molecule is COCCOc1cc(C(=O)O)nc2c(OCC(=O)C(C)(C)C)cccc12. The van der Waals surface area contributed by atoms with E-state index < -0.39 is 11.4 Å². The Labute approximate surface area is 151 Å². The molecule has 0 aliphatic carbocycles. The Balaban J connectivity index is 2.42. The predicted octanol–water partition coefficient (Wildman–Crippen LogP) is 2.95. The molecule has 0 atom stereocenters. The number of nitrogens with zero attached hydrogens (tertiary/aromatic N) is 1. The van der Waals surface area contributed by atoms with E-state index in [-0.39, 0.29) is 24.7 Å². The number of aromatic nitrogens is 1. The summed E-state index contributed by atoms with van der Waals surface area (Å²) in [5, 5.41) is 9.92. The van der Waals surface area contributed by atoms with Crippen molar-refractivity contribution in [2.45, 2.75) is 20.8 Å². The molecule has 140 valence electrons. The summed E-state index contributed by atoms with van der Waals surface area (Å²) in [4.78, 5) is 27.7. The fourth-order valence-corrected chi connectivity index (χ4v) is 2.13. The first-order chi connectivity index (χ1) is 12.2. The maximum Gasteiger partial charge on any atom is 0.354 e. The molecule has 0 aliphatic heterocycles. The number of methoxy groups -OCH3 is 1. The molecule has 1 aromatic carbocycles. The van der Waals surface area contributed by atoms with Crippen molar-refractivity contribution in [1.82, 2.24) is 4.98 Å². The van der Waals surface area contributed by atoms with Crippen LogP contribution < -0.4 is 9.47 Å². The summed E-state index contributed by atoms with van der Waals surface area (Å²) < 4.78 is 16.2. The summed E-state index contributed by atoms with van der Waals surface area (Å²) in [7, 11) is 1.55. The largest absolute Gasteiger partial charge is 0.490 e. The van der Waals surface area contributed by atoms with Gasteiger partial charge in [-0.1, -0.05) is 26.8 Å². The normalized spacial score (nSPS) is 11.4. The van der Waals surface area contributed by atoms with Gasteiger partial charge in [0.25, 0.3) is 0 Å². The van der Waals surface area contributed by atoms with Gasteiger partial charge in [0.15, 0.2) is 11.5 Å². The highest BCUT2D eigenvalue weighted by atomic mass is 16.5. The molecular formula is C19H23NO6. The van der Waals surface area contributed by atoms with Crippen LogP contribution in [0.2, 0.25) is 0 Å². The van der Waals surface area contributed by atoms with Crippen molar-refractivity contribution in [3.05, 3.63) is 30.0 Å². The Kier molecular flexibility index (Phi) is 6.15. The molecule has 0 fully saturated rings. The van der Waals surface area contributed by atoms with Crippen molar-refractivity contribution >= 4 is 22.7 Å². The molecule has 26 heavy (non-hydrogen) atoms. The Bertz CT molecular complexity index is 810. The van der Waals surface area contributed by atoms with E-state index in [2.05, 4.69) is 4.98 Å². The maximum atomic E-state index is 12.1.